The van der Waals surface area contributed by atoms with E-state index < -0.39 is 6.61 Å². The van der Waals surface area contributed by atoms with E-state index in [4.69, 9.17) is 0 Å². The highest BCUT2D eigenvalue weighted by atomic mass is 79.9. The molecule has 2 heterocycles. The number of ether oxygens (including phenoxy) is 1. The number of carbonyl (C=O) groups is 1. The number of fused-ring (bicyclic) bond motifs is 1. The van der Waals surface area contributed by atoms with Crippen LogP contribution >= 0.6 is 27.3 Å². The minimum atomic E-state index is -2.89. The Morgan fingerprint density at radius 1 is 1.46 bits per heavy atom. The Morgan fingerprint density at radius 3 is 2.83 bits per heavy atom. The summed E-state index contributed by atoms with van der Waals surface area (Å²) in [5.41, 5.74) is 1.64. The molecule has 1 aromatic carbocycles. The van der Waals surface area contributed by atoms with Gasteiger partial charge in [0.2, 0.25) is 0 Å². The summed E-state index contributed by atoms with van der Waals surface area (Å²) in [5.74, 6) is -0.322. The molecule has 3 aromatic rings. The van der Waals surface area contributed by atoms with E-state index in [9.17, 15) is 13.6 Å². The number of nitrogens with zero attached hydrogens (tertiary/aromatic N) is 3. The molecule has 2 aromatic heterocycles. The summed E-state index contributed by atoms with van der Waals surface area (Å²) in [4.78, 5) is 16.7. The second-order valence-corrected chi connectivity index (χ2v) is 6.68. The molecule has 3 rings (SSSR count). The predicted molar refractivity (Wildman–Crippen MR) is 89.9 cm³/mol. The standard InChI is InChI=1S/C14H11BrF2N4O2S/c1-6-10(15)11(21(2)20-6)12(22)19-14-18-8-4-3-7(23-13(16)17)5-9(8)24-14/h3-5,13H,1-2H3,(H,18,19,22). The van der Waals surface area contributed by atoms with Crippen molar-refractivity contribution in [3.63, 3.8) is 0 Å². The van der Waals surface area contributed by atoms with Crippen LogP contribution in [0.1, 0.15) is 16.2 Å². The van der Waals surface area contributed by atoms with E-state index in [1.54, 1.807) is 20.0 Å². The molecular formula is C14H11BrF2N4O2S. The molecule has 126 valence electrons. The number of halogens is 3. The number of anilines is 1. The Balaban J connectivity index is 1.86. The van der Waals surface area contributed by atoms with Crippen molar-refractivity contribution in [2.45, 2.75) is 13.5 Å². The lowest BCUT2D eigenvalue weighted by atomic mass is 10.3. The van der Waals surface area contributed by atoms with E-state index in [-0.39, 0.29) is 11.7 Å². The van der Waals surface area contributed by atoms with Gasteiger partial charge in [-0.1, -0.05) is 11.3 Å². The Labute approximate surface area is 147 Å². The van der Waals surface area contributed by atoms with Crippen molar-refractivity contribution in [3.8, 4) is 5.75 Å². The average molecular weight is 417 g/mol. The fourth-order valence-electron chi connectivity index (χ4n) is 2.17. The monoisotopic (exact) mass is 416 g/mol. The van der Waals surface area contributed by atoms with Gasteiger partial charge in [0.1, 0.15) is 11.4 Å². The number of aromatic nitrogens is 3. The average Bonchev–Trinajstić information content (AvgIpc) is 2.98. The summed E-state index contributed by atoms with van der Waals surface area (Å²) in [6.07, 6.45) is 0. The number of benzene rings is 1. The zero-order valence-electron chi connectivity index (χ0n) is 12.5. The van der Waals surface area contributed by atoms with Crippen molar-refractivity contribution >= 4 is 48.5 Å². The number of hydrogen-bond acceptors (Lipinski definition) is 5. The SMILES string of the molecule is Cc1nn(C)c(C(=O)Nc2nc3ccc(OC(F)F)cc3s2)c1Br. The number of aryl methyl sites for hydroxylation is 2. The maximum absolute atomic E-state index is 12.4. The second kappa shape index (κ2) is 6.44. The van der Waals surface area contributed by atoms with E-state index in [1.807, 2.05) is 0 Å². The van der Waals surface area contributed by atoms with Crippen LogP contribution in [0.5, 0.6) is 5.75 Å². The number of nitrogens with one attached hydrogen (secondary N) is 1. The minimum Gasteiger partial charge on any atom is -0.435 e. The molecule has 0 atom stereocenters. The number of alkyl halides is 2. The summed E-state index contributed by atoms with van der Waals surface area (Å²) >= 11 is 4.50. The maximum Gasteiger partial charge on any atom is 0.387 e. The Hall–Kier alpha value is -2.07. The van der Waals surface area contributed by atoms with E-state index in [0.717, 1.165) is 0 Å². The molecule has 0 saturated heterocycles. The van der Waals surface area contributed by atoms with E-state index in [2.05, 4.69) is 36.1 Å². The van der Waals surface area contributed by atoms with Crippen LogP contribution in [0.4, 0.5) is 13.9 Å². The van der Waals surface area contributed by atoms with Crippen molar-refractivity contribution in [1.29, 1.82) is 0 Å². The fourth-order valence-corrected chi connectivity index (χ4v) is 3.58. The molecule has 0 aliphatic rings. The van der Waals surface area contributed by atoms with Crippen LogP contribution in [0, 0.1) is 6.92 Å². The van der Waals surface area contributed by atoms with Crippen LogP contribution in [0.15, 0.2) is 22.7 Å². The molecule has 6 nitrogen and oxygen atoms in total. The normalized spacial score (nSPS) is 11.2. The molecule has 24 heavy (non-hydrogen) atoms. The maximum atomic E-state index is 12.4. The van der Waals surface area contributed by atoms with Gasteiger partial charge in [-0.05, 0) is 41.1 Å². The van der Waals surface area contributed by atoms with Crippen molar-refractivity contribution < 1.29 is 18.3 Å². The van der Waals surface area contributed by atoms with Crippen LogP contribution in [0.2, 0.25) is 0 Å². The number of hydrogen-bond donors (Lipinski definition) is 1. The summed E-state index contributed by atoms with van der Waals surface area (Å²) < 4.78 is 31.6. The minimum absolute atomic E-state index is 0.0454. The third kappa shape index (κ3) is 3.24. The first-order chi connectivity index (χ1) is 11.3. The van der Waals surface area contributed by atoms with Crippen molar-refractivity contribution in [1.82, 2.24) is 14.8 Å². The quantitative estimate of drug-likeness (QED) is 0.698. The van der Waals surface area contributed by atoms with Gasteiger partial charge in [0.05, 0.1) is 20.4 Å². The molecule has 0 radical (unpaired) electrons. The molecule has 1 N–H and O–H groups in total. The summed E-state index contributed by atoms with van der Waals surface area (Å²) in [7, 11) is 1.67. The molecule has 10 heteroatoms. The van der Waals surface area contributed by atoms with Crippen LogP contribution in [0.3, 0.4) is 0 Å². The summed E-state index contributed by atoms with van der Waals surface area (Å²) in [6.45, 7) is -1.11. The van der Waals surface area contributed by atoms with Crippen LogP contribution < -0.4 is 10.1 Å². The first-order valence-electron chi connectivity index (χ1n) is 6.71. The third-order valence-corrected chi connectivity index (χ3v) is 5.05. The molecule has 0 aliphatic carbocycles. The largest absolute Gasteiger partial charge is 0.435 e. The predicted octanol–water partition coefficient (Wildman–Crippen LogP) is 3.95. The van der Waals surface area contributed by atoms with Gasteiger partial charge in [0.15, 0.2) is 5.13 Å². The van der Waals surface area contributed by atoms with Gasteiger partial charge in [-0.3, -0.25) is 14.8 Å². The van der Waals surface area contributed by atoms with Gasteiger partial charge in [-0.25, -0.2) is 4.98 Å². The summed E-state index contributed by atoms with van der Waals surface area (Å²) in [6, 6.07) is 4.42. The molecule has 0 bridgehead atoms. The molecule has 0 unspecified atom stereocenters. The highest BCUT2D eigenvalue weighted by molar-refractivity contribution is 9.10. The number of amides is 1. The zero-order chi connectivity index (χ0) is 17.4. The van der Waals surface area contributed by atoms with E-state index >= 15 is 0 Å². The highest BCUT2D eigenvalue weighted by Gasteiger charge is 2.19. The zero-order valence-corrected chi connectivity index (χ0v) is 14.9. The lowest BCUT2D eigenvalue weighted by molar-refractivity contribution is -0.0497. The molecule has 0 saturated carbocycles. The first-order valence-corrected chi connectivity index (χ1v) is 8.32. The highest BCUT2D eigenvalue weighted by Crippen LogP contribution is 2.30. The van der Waals surface area contributed by atoms with Crippen molar-refractivity contribution in [2.24, 2.45) is 7.05 Å². The van der Waals surface area contributed by atoms with E-state index in [1.165, 1.54) is 28.2 Å². The lowest BCUT2D eigenvalue weighted by Crippen LogP contribution is -2.16. The number of thiazole rings is 1. The van der Waals surface area contributed by atoms with Gasteiger partial charge in [-0.15, -0.1) is 0 Å². The second-order valence-electron chi connectivity index (χ2n) is 4.85. The van der Waals surface area contributed by atoms with Gasteiger partial charge >= 0.3 is 6.61 Å². The lowest BCUT2D eigenvalue weighted by Gasteiger charge is -2.02. The van der Waals surface area contributed by atoms with Gasteiger partial charge in [0.25, 0.3) is 5.91 Å². The topological polar surface area (TPSA) is 69.0 Å². The molecule has 0 spiro atoms. The third-order valence-electron chi connectivity index (χ3n) is 3.17. The van der Waals surface area contributed by atoms with Crippen molar-refractivity contribution in [3.05, 3.63) is 34.1 Å². The fraction of sp³-hybridized carbons (Fsp3) is 0.214. The van der Waals surface area contributed by atoms with Crippen LogP contribution in [-0.2, 0) is 7.05 Å². The Bertz CT molecular complexity index is 925. The van der Waals surface area contributed by atoms with Gasteiger partial charge in [0, 0.05) is 7.05 Å². The Kier molecular flexibility index (Phi) is 4.50. The Morgan fingerprint density at radius 2 is 2.21 bits per heavy atom. The van der Waals surface area contributed by atoms with Crippen LogP contribution in [0.25, 0.3) is 10.2 Å². The molecule has 0 fully saturated rings. The van der Waals surface area contributed by atoms with E-state index in [0.29, 0.717) is 31.2 Å². The molecule has 0 aliphatic heterocycles. The number of rotatable bonds is 4. The smallest absolute Gasteiger partial charge is 0.387 e. The number of carbonyl (C=O) groups excluding carboxylic acids is 1. The first kappa shape index (κ1) is 16.8. The molecular weight excluding hydrogens is 406 g/mol. The van der Waals surface area contributed by atoms with Gasteiger partial charge in [-0.2, -0.15) is 13.9 Å². The van der Waals surface area contributed by atoms with Crippen molar-refractivity contribution in [2.75, 3.05) is 5.32 Å². The van der Waals surface area contributed by atoms with Crippen LogP contribution in [-0.4, -0.2) is 27.3 Å². The van der Waals surface area contributed by atoms with Gasteiger partial charge < -0.3 is 4.74 Å². The summed E-state index contributed by atoms with van der Waals surface area (Å²) in [5, 5.41) is 7.21. The molecule has 1 amide bonds.